The van der Waals surface area contributed by atoms with Crippen molar-refractivity contribution in [2.75, 3.05) is 0 Å². The number of hydrogen-bond donors (Lipinski definition) is 0. The van der Waals surface area contributed by atoms with Gasteiger partial charge in [0.25, 0.3) is 0 Å². The Morgan fingerprint density at radius 1 is 0.500 bits per heavy atom. The second kappa shape index (κ2) is 4.19. The first kappa shape index (κ1) is 13.4. The van der Waals surface area contributed by atoms with E-state index in [0.29, 0.717) is 10.8 Å². The van der Waals surface area contributed by atoms with Crippen LogP contribution < -0.4 is 0 Å². The molecule has 0 aromatic heterocycles. The van der Waals surface area contributed by atoms with Crippen LogP contribution in [0.5, 0.6) is 0 Å². The summed E-state index contributed by atoms with van der Waals surface area (Å²) < 4.78 is 0. The summed E-state index contributed by atoms with van der Waals surface area (Å²) in [6.45, 7) is 0. The monoisotopic (exact) mass is 314 g/mol. The Labute approximate surface area is 140 Å². The van der Waals surface area contributed by atoms with Gasteiger partial charge in [0.15, 0.2) is 0 Å². The molecule has 0 aliphatic heterocycles. The van der Waals surface area contributed by atoms with Crippen LogP contribution in [0.15, 0.2) is 0 Å². The van der Waals surface area contributed by atoms with E-state index in [0.717, 1.165) is 35.5 Å². The Morgan fingerprint density at radius 3 is 0.955 bits per heavy atom. The minimum Gasteiger partial charge on any atom is -0.0885 e. The first-order valence-electron chi connectivity index (χ1n) is 10.2. The van der Waals surface area contributed by atoms with Crippen molar-refractivity contribution in [3.05, 3.63) is 0 Å². The predicted octanol–water partition coefficient (Wildman–Crippen LogP) is 5.79. The first-order chi connectivity index (χ1) is 10.6. The summed E-state index contributed by atoms with van der Waals surface area (Å²) in [5.41, 5.74) is 1.07. The molecule has 0 spiro atoms. The zero-order valence-electron chi connectivity index (χ0n) is 13.9. The highest BCUT2D eigenvalue weighted by Crippen LogP contribution is 2.67. The van der Waals surface area contributed by atoms with E-state index in [2.05, 4.69) is 0 Å². The lowest BCUT2D eigenvalue weighted by Crippen LogP contribution is -2.58. The Kier molecular flexibility index (Phi) is 2.55. The topological polar surface area (TPSA) is 0 Å². The Bertz CT molecular complexity index is 413. The minimum atomic E-state index is 0.537. The smallest absolute Gasteiger partial charge is 0.00526 e. The van der Waals surface area contributed by atoms with Crippen LogP contribution in [0.2, 0.25) is 0 Å². The largest absolute Gasteiger partial charge is 0.0885 e. The van der Waals surface area contributed by atoms with E-state index in [1.807, 2.05) is 0 Å². The molecule has 8 aliphatic carbocycles. The Balaban J connectivity index is 1.37. The molecule has 8 fully saturated rings. The lowest BCUT2D eigenvalue weighted by atomic mass is 9.42. The van der Waals surface area contributed by atoms with Gasteiger partial charge in [-0.1, -0.05) is 12.2 Å². The van der Waals surface area contributed by atoms with Gasteiger partial charge in [-0.2, -0.15) is 0 Å². The highest BCUT2D eigenvalue weighted by atomic mass is 32.1. The molecule has 0 amide bonds. The minimum absolute atomic E-state index is 0.537. The molecule has 0 radical (unpaired) electrons. The maximum Gasteiger partial charge on any atom is 0.00526 e. The van der Waals surface area contributed by atoms with Gasteiger partial charge in [0.1, 0.15) is 0 Å². The van der Waals surface area contributed by atoms with Gasteiger partial charge in [-0.25, -0.2) is 0 Å². The van der Waals surface area contributed by atoms with Crippen LogP contribution in [0.3, 0.4) is 0 Å². The third-order valence-corrected chi connectivity index (χ3v) is 9.91. The molecule has 0 unspecified atom stereocenters. The summed E-state index contributed by atoms with van der Waals surface area (Å²) in [5.74, 6) is 6.32. The van der Waals surface area contributed by atoms with E-state index < -0.39 is 0 Å². The van der Waals surface area contributed by atoms with Crippen LogP contribution in [-0.2, 0) is 0 Å². The molecule has 0 N–H and O–H groups in total. The normalized spacial score (nSPS) is 60.9. The molecular weight excluding hydrogens is 284 g/mol. The highest BCUT2D eigenvalue weighted by molar-refractivity contribution is 7.80. The average Bonchev–Trinajstić information content (AvgIpc) is 2.43. The molecular formula is C21H30S. The van der Waals surface area contributed by atoms with Crippen LogP contribution >= 0.6 is 12.2 Å². The third kappa shape index (κ3) is 1.68. The summed E-state index contributed by atoms with van der Waals surface area (Å²) in [7, 11) is 0. The molecule has 8 saturated carbocycles. The van der Waals surface area contributed by atoms with Gasteiger partial charge in [-0.3, -0.25) is 0 Å². The van der Waals surface area contributed by atoms with E-state index in [-0.39, 0.29) is 0 Å². The van der Waals surface area contributed by atoms with Crippen molar-refractivity contribution in [1.82, 2.24) is 0 Å². The zero-order chi connectivity index (χ0) is 14.5. The van der Waals surface area contributed by atoms with Crippen LogP contribution in [0.4, 0.5) is 0 Å². The average molecular weight is 315 g/mol. The maximum atomic E-state index is 6.44. The van der Waals surface area contributed by atoms with Gasteiger partial charge >= 0.3 is 0 Å². The zero-order valence-corrected chi connectivity index (χ0v) is 14.7. The first-order valence-corrected chi connectivity index (χ1v) is 10.6. The molecule has 0 nitrogen and oxygen atoms in total. The van der Waals surface area contributed by atoms with E-state index in [1.54, 1.807) is 43.4 Å². The van der Waals surface area contributed by atoms with Gasteiger partial charge in [0.05, 0.1) is 0 Å². The van der Waals surface area contributed by atoms with Crippen LogP contribution in [-0.4, -0.2) is 4.86 Å². The van der Waals surface area contributed by atoms with Crippen molar-refractivity contribution >= 4 is 17.1 Å². The molecule has 120 valence electrons. The molecule has 0 atom stereocenters. The quantitative estimate of drug-likeness (QED) is 0.581. The lowest BCUT2D eigenvalue weighted by Gasteiger charge is -2.64. The molecule has 0 aromatic rings. The van der Waals surface area contributed by atoms with Crippen molar-refractivity contribution < 1.29 is 0 Å². The van der Waals surface area contributed by atoms with Crippen LogP contribution in [0.1, 0.15) is 77.0 Å². The Hall–Kier alpha value is 0.0900. The Morgan fingerprint density at radius 2 is 0.727 bits per heavy atom. The molecule has 22 heavy (non-hydrogen) atoms. The van der Waals surface area contributed by atoms with Crippen molar-refractivity contribution in [3.63, 3.8) is 0 Å². The van der Waals surface area contributed by atoms with Gasteiger partial charge in [-0.15, -0.1) is 0 Å². The number of thiocarbonyl (C=S) groups is 1. The summed E-state index contributed by atoms with van der Waals surface area (Å²) in [6, 6.07) is 0. The second-order valence-electron chi connectivity index (χ2n) is 10.7. The summed E-state index contributed by atoms with van der Waals surface area (Å²) in [6.07, 6.45) is 18.3. The van der Waals surface area contributed by atoms with Gasteiger partial charge in [-0.05, 0) is 113 Å². The fraction of sp³-hybridized carbons (Fsp3) is 0.952. The second-order valence-corrected chi connectivity index (χ2v) is 11.1. The van der Waals surface area contributed by atoms with Gasteiger partial charge in [0.2, 0.25) is 0 Å². The van der Waals surface area contributed by atoms with Crippen molar-refractivity contribution in [2.45, 2.75) is 77.0 Å². The van der Waals surface area contributed by atoms with E-state index in [1.165, 1.54) is 38.5 Å². The van der Waals surface area contributed by atoms with Crippen molar-refractivity contribution in [3.8, 4) is 0 Å². The lowest BCUT2D eigenvalue weighted by molar-refractivity contribution is -0.0426. The predicted molar refractivity (Wildman–Crippen MR) is 93.8 cm³/mol. The van der Waals surface area contributed by atoms with E-state index in [4.69, 9.17) is 12.2 Å². The molecule has 0 aromatic carbocycles. The molecule has 1 heteroatoms. The van der Waals surface area contributed by atoms with E-state index >= 15 is 0 Å². The summed E-state index contributed by atoms with van der Waals surface area (Å²) in [4.78, 5) is 1.65. The summed E-state index contributed by atoms with van der Waals surface area (Å²) >= 11 is 6.44. The fourth-order valence-corrected chi connectivity index (χ4v) is 9.84. The van der Waals surface area contributed by atoms with Gasteiger partial charge < -0.3 is 0 Å². The summed E-state index contributed by atoms with van der Waals surface area (Å²) in [5, 5.41) is 0. The van der Waals surface area contributed by atoms with Gasteiger partial charge in [0, 0.05) is 15.7 Å². The van der Waals surface area contributed by atoms with E-state index in [9.17, 15) is 0 Å². The SMILES string of the molecule is S=C(C12CC3CC(CC(C3)C1)C2)C12CC3CC(CC(C3)C1)C2. The molecule has 8 bridgehead atoms. The van der Waals surface area contributed by atoms with Crippen LogP contribution in [0.25, 0.3) is 0 Å². The molecule has 8 aliphatic rings. The van der Waals surface area contributed by atoms with Crippen LogP contribution in [0, 0.1) is 46.3 Å². The third-order valence-electron chi connectivity index (χ3n) is 9.04. The van der Waals surface area contributed by atoms with Crippen molar-refractivity contribution in [2.24, 2.45) is 46.3 Å². The molecule has 8 rings (SSSR count). The fourth-order valence-electron chi connectivity index (χ4n) is 9.34. The highest BCUT2D eigenvalue weighted by Gasteiger charge is 2.60. The van der Waals surface area contributed by atoms with Crippen molar-refractivity contribution in [1.29, 1.82) is 0 Å². The number of rotatable bonds is 2. The maximum absolute atomic E-state index is 6.44. The molecule has 0 heterocycles. The number of hydrogen-bond acceptors (Lipinski definition) is 1. The molecule has 0 saturated heterocycles. The standard InChI is InChI=1S/C21H30S/c22-19(20-7-13-1-14(8-20)3-15(2-13)9-20)21-10-16-4-17(11-21)6-18(5-16)12-21/h13-18H,1-12H2.